The average molecular weight is 255 g/mol. The molecule has 2 aromatic rings. The molecule has 2 rings (SSSR count). The topological polar surface area (TPSA) is 35.2 Å². The number of hydrogen-bond acceptors (Lipinski definition) is 2. The van der Waals surface area contributed by atoms with Crippen LogP contribution in [0.25, 0.3) is 0 Å². The molecule has 2 N–H and O–H groups in total. The Kier molecular flexibility index (Phi) is 4.23. The van der Waals surface area contributed by atoms with E-state index in [1.165, 1.54) is 5.56 Å². The van der Waals surface area contributed by atoms with Gasteiger partial charge in [-0.05, 0) is 37.5 Å². The molecule has 2 heteroatoms. The second kappa shape index (κ2) is 5.89. The minimum Gasteiger partial charge on any atom is -0.484 e. The summed E-state index contributed by atoms with van der Waals surface area (Å²) in [4.78, 5) is 0. The van der Waals surface area contributed by atoms with Gasteiger partial charge in [-0.2, -0.15) is 0 Å². The van der Waals surface area contributed by atoms with Crippen molar-refractivity contribution in [2.75, 3.05) is 6.54 Å². The van der Waals surface area contributed by atoms with Gasteiger partial charge in [0.15, 0.2) is 0 Å². The van der Waals surface area contributed by atoms with Crippen LogP contribution in [0.5, 0.6) is 5.75 Å². The highest BCUT2D eigenvalue weighted by atomic mass is 16.5. The first-order chi connectivity index (χ1) is 9.11. The van der Waals surface area contributed by atoms with Crippen LogP contribution in [-0.2, 0) is 0 Å². The summed E-state index contributed by atoms with van der Waals surface area (Å²) < 4.78 is 6.13. The highest BCUT2D eigenvalue weighted by molar-refractivity contribution is 5.40. The van der Waals surface area contributed by atoms with Crippen molar-refractivity contribution < 1.29 is 4.74 Å². The van der Waals surface area contributed by atoms with Crippen molar-refractivity contribution >= 4 is 0 Å². The lowest BCUT2D eigenvalue weighted by molar-refractivity contribution is 0.211. The molecule has 1 atom stereocenters. The molecule has 0 saturated heterocycles. The first-order valence-corrected chi connectivity index (χ1v) is 6.61. The van der Waals surface area contributed by atoms with Gasteiger partial charge in [0.05, 0.1) is 0 Å². The van der Waals surface area contributed by atoms with Crippen molar-refractivity contribution in [2.45, 2.75) is 26.9 Å². The first-order valence-electron chi connectivity index (χ1n) is 6.61. The molecule has 2 aromatic carbocycles. The molecular formula is C17H21NO. The molecule has 0 spiro atoms. The minimum atomic E-state index is -0.0969. The van der Waals surface area contributed by atoms with Crippen molar-refractivity contribution in [1.82, 2.24) is 0 Å². The second-order valence-corrected chi connectivity index (χ2v) is 4.97. The van der Waals surface area contributed by atoms with Crippen LogP contribution >= 0.6 is 0 Å². The van der Waals surface area contributed by atoms with Crippen molar-refractivity contribution in [2.24, 2.45) is 5.73 Å². The molecule has 0 amide bonds. The van der Waals surface area contributed by atoms with E-state index >= 15 is 0 Å². The van der Waals surface area contributed by atoms with Crippen LogP contribution in [0.4, 0.5) is 0 Å². The molecule has 0 unspecified atom stereocenters. The number of nitrogens with two attached hydrogens (primary N) is 1. The molecule has 0 bridgehead atoms. The van der Waals surface area contributed by atoms with E-state index in [-0.39, 0.29) is 6.10 Å². The molecule has 0 fully saturated rings. The van der Waals surface area contributed by atoms with Crippen LogP contribution in [-0.4, -0.2) is 6.54 Å². The summed E-state index contributed by atoms with van der Waals surface area (Å²) in [5.74, 6) is 0.943. The number of para-hydroxylation sites is 1. The standard InChI is InChI=1S/C17H21NO/c1-12-7-9-15(10-8-12)16(11-18)19-17-13(2)5-4-6-14(17)3/h4-10,16H,11,18H2,1-3H3/t16-/m1/s1. The summed E-state index contributed by atoms with van der Waals surface area (Å²) in [5.41, 5.74) is 10.5. The molecule has 2 nitrogen and oxygen atoms in total. The van der Waals surface area contributed by atoms with Crippen LogP contribution in [0.1, 0.15) is 28.4 Å². The molecule has 0 aliphatic carbocycles. The summed E-state index contributed by atoms with van der Waals surface area (Å²) in [6.07, 6.45) is -0.0969. The third-order valence-corrected chi connectivity index (χ3v) is 3.33. The van der Waals surface area contributed by atoms with Gasteiger partial charge in [0.2, 0.25) is 0 Å². The largest absolute Gasteiger partial charge is 0.484 e. The van der Waals surface area contributed by atoms with Crippen LogP contribution in [0.3, 0.4) is 0 Å². The monoisotopic (exact) mass is 255 g/mol. The number of ether oxygens (including phenoxy) is 1. The van der Waals surface area contributed by atoms with Crippen molar-refractivity contribution in [3.8, 4) is 5.75 Å². The lowest BCUT2D eigenvalue weighted by atomic mass is 10.1. The maximum absolute atomic E-state index is 6.13. The lowest BCUT2D eigenvalue weighted by Crippen LogP contribution is -2.19. The molecule has 0 saturated carbocycles. The minimum absolute atomic E-state index is 0.0969. The van der Waals surface area contributed by atoms with Gasteiger partial charge in [0.1, 0.15) is 11.9 Å². The first kappa shape index (κ1) is 13.6. The maximum Gasteiger partial charge on any atom is 0.136 e. The third kappa shape index (κ3) is 3.15. The van der Waals surface area contributed by atoms with Gasteiger partial charge in [-0.15, -0.1) is 0 Å². The van der Waals surface area contributed by atoms with E-state index in [0.717, 1.165) is 22.4 Å². The Morgan fingerprint density at radius 3 is 2.05 bits per heavy atom. The Labute approximate surface area is 115 Å². The Bertz CT molecular complexity index is 525. The molecule has 100 valence electrons. The van der Waals surface area contributed by atoms with E-state index in [0.29, 0.717) is 6.54 Å². The van der Waals surface area contributed by atoms with Gasteiger partial charge in [0.25, 0.3) is 0 Å². The summed E-state index contributed by atoms with van der Waals surface area (Å²) in [6.45, 7) is 6.67. The molecule has 0 aliphatic heterocycles. The second-order valence-electron chi connectivity index (χ2n) is 4.97. The summed E-state index contributed by atoms with van der Waals surface area (Å²) in [7, 11) is 0. The molecule has 0 aliphatic rings. The van der Waals surface area contributed by atoms with E-state index in [1.54, 1.807) is 0 Å². The van der Waals surface area contributed by atoms with Crippen molar-refractivity contribution in [3.05, 3.63) is 64.7 Å². The normalized spacial score (nSPS) is 12.2. The van der Waals surface area contributed by atoms with E-state index in [1.807, 2.05) is 6.07 Å². The third-order valence-electron chi connectivity index (χ3n) is 3.33. The van der Waals surface area contributed by atoms with Crippen molar-refractivity contribution in [1.29, 1.82) is 0 Å². The quantitative estimate of drug-likeness (QED) is 0.904. The molecule has 0 aromatic heterocycles. The maximum atomic E-state index is 6.13. The number of aryl methyl sites for hydroxylation is 3. The average Bonchev–Trinajstić information content (AvgIpc) is 2.40. The summed E-state index contributed by atoms with van der Waals surface area (Å²) in [5, 5.41) is 0. The van der Waals surface area contributed by atoms with Gasteiger partial charge in [-0.1, -0.05) is 48.0 Å². The summed E-state index contributed by atoms with van der Waals surface area (Å²) >= 11 is 0. The zero-order chi connectivity index (χ0) is 13.8. The highest BCUT2D eigenvalue weighted by Gasteiger charge is 2.14. The number of benzene rings is 2. The lowest BCUT2D eigenvalue weighted by Gasteiger charge is -2.21. The van der Waals surface area contributed by atoms with E-state index < -0.39 is 0 Å². The Balaban J connectivity index is 2.26. The number of hydrogen-bond donors (Lipinski definition) is 1. The summed E-state index contributed by atoms with van der Waals surface area (Å²) in [6, 6.07) is 14.5. The SMILES string of the molecule is Cc1ccc([C@@H](CN)Oc2c(C)cccc2C)cc1. The van der Waals surface area contributed by atoms with E-state index in [9.17, 15) is 0 Å². The van der Waals surface area contributed by atoms with Gasteiger partial charge in [-0.3, -0.25) is 0 Å². The van der Waals surface area contributed by atoms with E-state index in [4.69, 9.17) is 10.5 Å². The highest BCUT2D eigenvalue weighted by Crippen LogP contribution is 2.28. The van der Waals surface area contributed by atoms with Crippen molar-refractivity contribution in [3.63, 3.8) is 0 Å². The molecule has 0 radical (unpaired) electrons. The molecular weight excluding hydrogens is 234 g/mol. The van der Waals surface area contributed by atoms with Crippen LogP contribution in [0, 0.1) is 20.8 Å². The van der Waals surface area contributed by atoms with Gasteiger partial charge < -0.3 is 10.5 Å². The van der Waals surface area contributed by atoms with E-state index in [2.05, 4.69) is 57.2 Å². The predicted octanol–water partition coefficient (Wildman–Crippen LogP) is 3.69. The smallest absolute Gasteiger partial charge is 0.136 e. The fraction of sp³-hybridized carbons (Fsp3) is 0.294. The zero-order valence-electron chi connectivity index (χ0n) is 11.8. The van der Waals surface area contributed by atoms with Gasteiger partial charge in [0, 0.05) is 6.54 Å². The fourth-order valence-electron chi connectivity index (χ4n) is 2.16. The predicted molar refractivity (Wildman–Crippen MR) is 79.5 cm³/mol. The molecule has 0 heterocycles. The number of rotatable bonds is 4. The Hall–Kier alpha value is -1.80. The van der Waals surface area contributed by atoms with Crippen LogP contribution < -0.4 is 10.5 Å². The zero-order valence-corrected chi connectivity index (χ0v) is 11.8. The van der Waals surface area contributed by atoms with Crippen LogP contribution in [0.15, 0.2) is 42.5 Å². The van der Waals surface area contributed by atoms with Crippen LogP contribution in [0.2, 0.25) is 0 Å². The Morgan fingerprint density at radius 1 is 0.947 bits per heavy atom. The van der Waals surface area contributed by atoms with Gasteiger partial charge in [-0.25, -0.2) is 0 Å². The fourth-order valence-corrected chi connectivity index (χ4v) is 2.16. The van der Waals surface area contributed by atoms with Gasteiger partial charge >= 0.3 is 0 Å². The Morgan fingerprint density at radius 2 is 1.53 bits per heavy atom. The molecule has 19 heavy (non-hydrogen) atoms.